The van der Waals surface area contributed by atoms with Gasteiger partial charge >= 0.3 is 0 Å². The van der Waals surface area contributed by atoms with E-state index in [1.54, 1.807) is 6.20 Å². The third-order valence-electron chi connectivity index (χ3n) is 3.92. The van der Waals surface area contributed by atoms with Crippen molar-refractivity contribution >= 4 is 23.4 Å². The number of nitrogens with zero attached hydrogens (tertiary/aromatic N) is 6. The van der Waals surface area contributed by atoms with Gasteiger partial charge < -0.3 is 9.80 Å². The summed E-state index contributed by atoms with van der Waals surface area (Å²) in [7, 11) is 3.98. The summed E-state index contributed by atoms with van der Waals surface area (Å²) in [4.78, 5) is 20.0. The molecule has 0 atom stereocenters. The van der Waals surface area contributed by atoms with Gasteiger partial charge in [-0.25, -0.2) is 4.98 Å². The van der Waals surface area contributed by atoms with E-state index in [0.29, 0.717) is 5.02 Å². The zero-order valence-electron chi connectivity index (χ0n) is 13.5. The van der Waals surface area contributed by atoms with Crippen molar-refractivity contribution in [2.45, 2.75) is 6.54 Å². The molecule has 1 aliphatic heterocycles. The Balaban J connectivity index is 1.58. The molecule has 0 amide bonds. The molecule has 0 unspecified atom stereocenters. The van der Waals surface area contributed by atoms with Crippen molar-refractivity contribution in [1.82, 2.24) is 19.9 Å². The number of pyridine rings is 1. The molecule has 2 aromatic rings. The van der Waals surface area contributed by atoms with Crippen LogP contribution < -0.4 is 9.80 Å². The fraction of sp³-hybridized carbons (Fsp3) is 0.438. The molecule has 6 nitrogen and oxygen atoms in total. The van der Waals surface area contributed by atoms with E-state index in [1.165, 1.54) is 0 Å². The summed E-state index contributed by atoms with van der Waals surface area (Å²) in [6.45, 7) is 4.64. The lowest BCUT2D eigenvalue weighted by Gasteiger charge is -2.34. The van der Waals surface area contributed by atoms with Crippen LogP contribution in [0.15, 0.2) is 30.6 Å². The summed E-state index contributed by atoms with van der Waals surface area (Å²) in [5.41, 5.74) is 1.05. The van der Waals surface area contributed by atoms with Gasteiger partial charge in [-0.05, 0) is 18.2 Å². The molecule has 0 N–H and O–H groups in total. The molecule has 0 spiro atoms. The van der Waals surface area contributed by atoms with Crippen LogP contribution in [0, 0.1) is 0 Å². The fourth-order valence-corrected chi connectivity index (χ4v) is 2.69. The summed E-state index contributed by atoms with van der Waals surface area (Å²) in [6, 6.07) is 5.80. The predicted molar refractivity (Wildman–Crippen MR) is 93.1 cm³/mol. The Morgan fingerprint density at radius 2 is 1.87 bits per heavy atom. The van der Waals surface area contributed by atoms with Crippen molar-refractivity contribution in [3.05, 3.63) is 41.3 Å². The average molecular weight is 333 g/mol. The molecule has 1 fully saturated rings. The van der Waals surface area contributed by atoms with Crippen LogP contribution in [0.4, 0.5) is 11.8 Å². The number of halogens is 1. The van der Waals surface area contributed by atoms with E-state index in [1.807, 2.05) is 43.4 Å². The average Bonchev–Trinajstić information content (AvgIpc) is 2.58. The summed E-state index contributed by atoms with van der Waals surface area (Å²) in [6.07, 6.45) is 3.52. The van der Waals surface area contributed by atoms with E-state index < -0.39 is 0 Å². The molecule has 1 aliphatic rings. The highest BCUT2D eigenvalue weighted by Crippen LogP contribution is 2.16. The van der Waals surface area contributed by atoms with Crippen LogP contribution in [-0.4, -0.2) is 60.1 Å². The minimum atomic E-state index is 0.677. The molecule has 0 aromatic carbocycles. The van der Waals surface area contributed by atoms with Gasteiger partial charge in [-0.3, -0.25) is 9.88 Å². The Morgan fingerprint density at radius 1 is 1.09 bits per heavy atom. The number of hydrogen-bond acceptors (Lipinski definition) is 6. The van der Waals surface area contributed by atoms with Crippen molar-refractivity contribution in [1.29, 1.82) is 0 Å². The van der Waals surface area contributed by atoms with Crippen LogP contribution in [0.1, 0.15) is 5.69 Å². The SMILES string of the molecule is CN(C)c1ccnc(N2CCN(Cc3ccc(Cl)cn3)CC2)n1. The highest BCUT2D eigenvalue weighted by molar-refractivity contribution is 6.30. The van der Waals surface area contributed by atoms with E-state index in [0.717, 1.165) is 50.2 Å². The minimum Gasteiger partial charge on any atom is -0.363 e. The minimum absolute atomic E-state index is 0.677. The highest BCUT2D eigenvalue weighted by atomic mass is 35.5. The Kier molecular flexibility index (Phi) is 4.93. The second kappa shape index (κ2) is 7.10. The topological polar surface area (TPSA) is 48.4 Å². The second-order valence-corrected chi connectivity index (χ2v) is 6.28. The van der Waals surface area contributed by atoms with Gasteiger partial charge in [-0.2, -0.15) is 4.98 Å². The zero-order valence-corrected chi connectivity index (χ0v) is 14.2. The molecule has 0 aliphatic carbocycles. The lowest BCUT2D eigenvalue weighted by Crippen LogP contribution is -2.46. The molecule has 23 heavy (non-hydrogen) atoms. The number of piperazine rings is 1. The van der Waals surface area contributed by atoms with Crippen LogP contribution in [0.25, 0.3) is 0 Å². The van der Waals surface area contributed by atoms with Gasteiger partial charge in [0.15, 0.2) is 0 Å². The van der Waals surface area contributed by atoms with E-state index in [9.17, 15) is 0 Å². The largest absolute Gasteiger partial charge is 0.363 e. The number of rotatable bonds is 4. The zero-order chi connectivity index (χ0) is 16.2. The fourth-order valence-electron chi connectivity index (χ4n) is 2.58. The first-order chi connectivity index (χ1) is 11.1. The van der Waals surface area contributed by atoms with E-state index in [4.69, 9.17) is 11.6 Å². The van der Waals surface area contributed by atoms with Crippen LogP contribution >= 0.6 is 11.6 Å². The summed E-state index contributed by atoms with van der Waals surface area (Å²) < 4.78 is 0. The van der Waals surface area contributed by atoms with Gasteiger partial charge in [-0.15, -0.1) is 0 Å². The van der Waals surface area contributed by atoms with Crippen LogP contribution in [0.3, 0.4) is 0 Å². The molecule has 3 rings (SSSR count). The molecule has 2 aromatic heterocycles. The van der Waals surface area contributed by atoms with Crippen LogP contribution in [-0.2, 0) is 6.54 Å². The Labute approximate surface area is 141 Å². The first kappa shape index (κ1) is 16.0. The second-order valence-electron chi connectivity index (χ2n) is 5.84. The molecule has 0 bridgehead atoms. The summed E-state index contributed by atoms with van der Waals surface area (Å²) >= 11 is 5.88. The Morgan fingerprint density at radius 3 is 2.52 bits per heavy atom. The van der Waals surface area contributed by atoms with E-state index >= 15 is 0 Å². The lowest BCUT2D eigenvalue weighted by atomic mass is 10.3. The monoisotopic (exact) mass is 332 g/mol. The van der Waals surface area contributed by atoms with Gasteiger partial charge in [0, 0.05) is 59.2 Å². The quantitative estimate of drug-likeness (QED) is 0.852. The van der Waals surface area contributed by atoms with Crippen molar-refractivity contribution in [2.24, 2.45) is 0 Å². The van der Waals surface area contributed by atoms with Crippen LogP contribution in [0.2, 0.25) is 5.02 Å². The molecular weight excluding hydrogens is 312 g/mol. The normalized spacial score (nSPS) is 15.7. The number of aromatic nitrogens is 3. The smallest absolute Gasteiger partial charge is 0.227 e. The van der Waals surface area contributed by atoms with Gasteiger partial charge in [0.2, 0.25) is 5.95 Å². The molecule has 7 heteroatoms. The van der Waals surface area contributed by atoms with Gasteiger partial charge in [-0.1, -0.05) is 11.6 Å². The molecule has 1 saturated heterocycles. The maximum atomic E-state index is 5.88. The molecule has 122 valence electrons. The first-order valence-electron chi connectivity index (χ1n) is 7.70. The van der Waals surface area contributed by atoms with Crippen molar-refractivity contribution in [3.63, 3.8) is 0 Å². The highest BCUT2D eigenvalue weighted by Gasteiger charge is 2.19. The summed E-state index contributed by atoms with van der Waals surface area (Å²) in [5, 5.41) is 0.677. The maximum Gasteiger partial charge on any atom is 0.227 e. The van der Waals surface area contributed by atoms with Gasteiger partial charge in [0.05, 0.1) is 10.7 Å². The first-order valence-corrected chi connectivity index (χ1v) is 8.08. The molecule has 0 radical (unpaired) electrons. The molecule has 0 saturated carbocycles. The molecule has 3 heterocycles. The van der Waals surface area contributed by atoms with Gasteiger partial charge in [0.25, 0.3) is 0 Å². The number of hydrogen-bond donors (Lipinski definition) is 0. The van der Waals surface area contributed by atoms with Crippen molar-refractivity contribution in [2.75, 3.05) is 50.1 Å². The Hall–Kier alpha value is -1.92. The number of anilines is 2. The van der Waals surface area contributed by atoms with Gasteiger partial charge in [0.1, 0.15) is 5.82 Å². The van der Waals surface area contributed by atoms with E-state index in [-0.39, 0.29) is 0 Å². The third kappa shape index (κ3) is 4.09. The lowest BCUT2D eigenvalue weighted by molar-refractivity contribution is 0.246. The van der Waals surface area contributed by atoms with Crippen molar-refractivity contribution in [3.8, 4) is 0 Å². The van der Waals surface area contributed by atoms with Crippen molar-refractivity contribution < 1.29 is 0 Å². The van der Waals surface area contributed by atoms with E-state index in [2.05, 4.69) is 24.8 Å². The maximum absolute atomic E-state index is 5.88. The summed E-state index contributed by atoms with van der Waals surface area (Å²) in [5.74, 6) is 1.74. The Bertz CT molecular complexity index is 637. The van der Waals surface area contributed by atoms with Crippen LogP contribution in [0.5, 0.6) is 0 Å². The third-order valence-corrected chi connectivity index (χ3v) is 4.14. The molecular formula is C16H21ClN6. The predicted octanol–water partition coefficient (Wildman–Crippen LogP) is 1.91. The standard InChI is InChI=1S/C16H21ClN6/c1-21(2)15-5-6-18-16(20-15)23-9-7-22(8-10-23)12-14-4-3-13(17)11-19-14/h3-6,11H,7-10,12H2,1-2H3.